The van der Waals surface area contributed by atoms with E-state index in [1.807, 2.05) is 12.1 Å². The molecule has 0 fully saturated rings. The molecule has 1 aromatic heterocycles. The Kier molecular flexibility index (Phi) is 2.55. The number of benzene rings is 1. The summed E-state index contributed by atoms with van der Waals surface area (Å²) < 4.78 is 0. The molecule has 2 rings (SSSR count). The summed E-state index contributed by atoms with van der Waals surface area (Å²) in [6, 6.07) is 7.21. The Morgan fingerprint density at radius 3 is 2.69 bits per heavy atom. The maximum absolute atomic E-state index is 11.5. The first-order valence-corrected chi connectivity index (χ1v) is 4.68. The zero-order valence-corrected chi connectivity index (χ0v) is 8.57. The quantitative estimate of drug-likeness (QED) is 0.670. The van der Waals surface area contributed by atoms with Crippen molar-refractivity contribution < 1.29 is 0 Å². The molecule has 0 radical (unpaired) electrons. The lowest BCUT2D eigenvalue weighted by atomic mass is 10.1. The van der Waals surface area contributed by atoms with Gasteiger partial charge in [-0.2, -0.15) is 5.10 Å². The second-order valence-electron chi connectivity index (χ2n) is 3.15. The van der Waals surface area contributed by atoms with Crippen LogP contribution < -0.4 is 16.6 Å². The first kappa shape index (κ1) is 10.2. The highest BCUT2D eigenvalue weighted by Crippen LogP contribution is 2.22. The second-order valence-corrected chi connectivity index (χ2v) is 3.15. The minimum atomic E-state index is -0.615. The third-order valence-corrected chi connectivity index (χ3v) is 2.16. The van der Waals surface area contributed by atoms with Gasteiger partial charge in [-0.25, -0.2) is 9.89 Å². The summed E-state index contributed by atoms with van der Waals surface area (Å²) in [6.07, 6.45) is 0. The highest BCUT2D eigenvalue weighted by molar-refractivity contribution is 5.74. The normalized spacial score (nSPS) is 10.1. The molecule has 0 atom stereocenters. The monoisotopic (exact) mass is 218 g/mol. The van der Waals surface area contributed by atoms with Crippen LogP contribution >= 0.6 is 0 Å². The van der Waals surface area contributed by atoms with E-state index in [-0.39, 0.29) is 5.69 Å². The summed E-state index contributed by atoms with van der Waals surface area (Å²) in [5, 5.41) is 8.89. The van der Waals surface area contributed by atoms with Crippen LogP contribution in [0.2, 0.25) is 0 Å². The van der Waals surface area contributed by atoms with E-state index in [4.69, 9.17) is 0 Å². The number of nitrogens with one attached hydrogen (secondary N) is 3. The lowest BCUT2D eigenvalue weighted by molar-refractivity contribution is 0.898. The molecule has 6 nitrogen and oxygen atoms in total. The maximum atomic E-state index is 11.5. The molecule has 0 saturated heterocycles. The van der Waals surface area contributed by atoms with Gasteiger partial charge < -0.3 is 5.32 Å². The molecule has 0 amide bonds. The number of anilines is 1. The van der Waals surface area contributed by atoms with E-state index in [0.717, 1.165) is 5.69 Å². The number of hydrogen-bond acceptors (Lipinski definition) is 4. The number of hydrogen-bond donors (Lipinski definition) is 3. The third-order valence-electron chi connectivity index (χ3n) is 2.16. The van der Waals surface area contributed by atoms with E-state index in [2.05, 4.69) is 20.5 Å². The van der Waals surface area contributed by atoms with Gasteiger partial charge in [0.2, 0.25) is 0 Å². The first-order valence-electron chi connectivity index (χ1n) is 4.68. The Balaban J connectivity index is 2.68. The van der Waals surface area contributed by atoms with Gasteiger partial charge in [-0.1, -0.05) is 18.2 Å². The van der Waals surface area contributed by atoms with Crippen molar-refractivity contribution in [2.24, 2.45) is 0 Å². The van der Waals surface area contributed by atoms with Gasteiger partial charge in [0.25, 0.3) is 5.56 Å². The number of nitrogens with zero attached hydrogens (tertiary/aromatic N) is 1. The SMILES string of the molecule is CNc1ccccc1-c1n[nH]c(=O)[nH]c1=O. The van der Waals surface area contributed by atoms with Gasteiger partial charge in [0, 0.05) is 18.3 Å². The fourth-order valence-electron chi connectivity index (χ4n) is 1.44. The summed E-state index contributed by atoms with van der Waals surface area (Å²) in [6.45, 7) is 0. The number of aromatic amines is 2. The molecule has 82 valence electrons. The third kappa shape index (κ3) is 1.72. The van der Waals surface area contributed by atoms with Gasteiger partial charge in [-0.3, -0.25) is 9.78 Å². The van der Waals surface area contributed by atoms with Crippen molar-refractivity contribution in [1.82, 2.24) is 15.2 Å². The zero-order chi connectivity index (χ0) is 11.5. The van der Waals surface area contributed by atoms with E-state index in [1.54, 1.807) is 19.2 Å². The molecule has 0 aliphatic rings. The van der Waals surface area contributed by atoms with Crippen LogP contribution in [0.3, 0.4) is 0 Å². The first-order chi connectivity index (χ1) is 7.72. The molecule has 2 aromatic rings. The summed E-state index contributed by atoms with van der Waals surface area (Å²) in [5.41, 5.74) is 0.474. The van der Waals surface area contributed by atoms with Crippen LogP contribution in [0.4, 0.5) is 5.69 Å². The molecule has 0 bridgehead atoms. The zero-order valence-electron chi connectivity index (χ0n) is 8.57. The van der Waals surface area contributed by atoms with Crippen LogP contribution in [-0.2, 0) is 0 Å². The molecule has 1 aromatic carbocycles. The molecule has 0 aliphatic heterocycles. The van der Waals surface area contributed by atoms with E-state index in [0.29, 0.717) is 5.56 Å². The van der Waals surface area contributed by atoms with Crippen LogP contribution in [0.5, 0.6) is 0 Å². The molecular weight excluding hydrogens is 208 g/mol. The van der Waals surface area contributed by atoms with E-state index >= 15 is 0 Å². The van der Waals surface area contributed by atoms with Gasteiger partial charge in [-0.15, -0.1) is 0 Å². The van der Waals surface area contributed by atoms with Crippen molar-refractivity contribution in [3.05, 3.63) is 45.1 Å². The lowest BCUT2D eigenvalue weighted by Gasteiger charge is -2.06. The molecule has 3 N–H and O–H groups in total. The van der Waals surface area contributed by atoms with Crippen LogP contribution in [0.25, 0.3) is 11.3 Å². The van der Waals surface area contributed by atoms with Crippen molar-refractivity contribution >= 4 is 5.69 Å². The Bertz CT molecular complexity index is 614. The minimum absolute atomic E-state index is 0.185. The summed E-state index contributed by atoms with van der Waals surface area (Å²) in [5.74, 6) is 0. The number of rotatable bonds is 2. The van der Waals surface area contributed by atoms with Crippen LogP contribution in [-0.4, -0.2) is 22.2 Å². The fourth-order valence-corrected chi connectivity index (χ4v) is 1.44. The molecule has 6 heteroatoms. The minimum Gasteiger partial charge on any atom is -0.388 e. The van der Waals surface area contributed by atoms with Gasteiger partial charge in [0.15, 0.2) is 5.69 Å². The lowest BCUT2D eigenvalue weighted by Crippen LogP contribution is -2.25. The van der Waals surface area contributed by atoms with Gasteiger partial charge in [-0.05, 0) is 6.07 Å². The van der Waals surface area contributed by atoms with Crippen LogP contribution in [0, 0.1) is 0 Å². The van der Waals surface area contributed by atoms with Crippen molar-refractivity contribution in [1.29, 1.82) is 0 Å². The predicted molar refractivity (Wildman–Crippen MR) is 60.5 cm³/mol. The summed E-state index contributed by atoms with van der Waals surface area (Å²) in [4.78, 5) is 24.5. The molecule has 0 saturated carbocycles. The van der Waals surface area contributed by atoms with Gasteiger partial charge in [0.1, 0.15) is 0 Å². The maximum Gasteiger partial charge on any atom is 0.342 e. The van der Waals surface area contributed by atoms with E-state index in [9.17, 15) is 9.59 Å². The molecule has 16 heavy (non-hydrogen) atoms. The van der Waals surface area contributed by atoms with Gasteiger partial charge in [0.05, 0.1) is 0 Å². The largest absolute Gasteiger partial charge is 0.388 e. The van der Waals surface area contributed by atoms with Crippen LogP contribution in [0.1, 0.15) is 0 Å². The number of H-pyrrole nitrogens is 2. The van der Waals surface area contributed by atoms with E-state index in [1.165, 1.54) is 0 Å². The van der Waals surface area contributed by atoms with Crippen molar-refractivity contribution in [3.63, 3.8) is 0 Å². The molecule has 1 heterocycles. The molecule has 0 unspecified atom stereocenters. The summed E-state index contributed by atoms with van der Waals surface area (Å²) in [7, 11) is 1.75. The topological polar surface area (TPSA) is 90.6 Å². The Hall–Kier alpha value is -2.37. The van der Waals surface area contributed by atoms with Crippen molar-refractivity contribution in [2.45, 2.75) is 0 Å². The van der Waals surface area contributed by atoms with Crippen molar-refractivity contribution in [2.75, 3.05) is 12.4 Å². The molecule has 0 aliphatic carbocycles. The number of aromatic nitrogens is 3. The highest BCUT2D eigenvalue weighted by Gasteiger charge is 2.09. The van der Waals surface area contributed by atoms with E-state index < -0.39 is 11.2 Å². The fraction of sp³-hybridized carbons (Fsp3) is 0.100. The van der Waals surface area contributed by atoms with Crippen LogP contribution in [0.15, 0.2) is 33.9 Å². The average molecular weight is 218 g/mol. The molecular formula is C10H10N4O2. The Morgan fingerprint density at radius 1 is 1.25 bits per heavy atom. The second kappa shape index (κ2) is 4.01. The Morgan fingerprint density at radius 2 is 2.00 bits per heavy atom. The molecule has 0 spiro atoms. The predicted octanol–water partition coefficient (Wildman–Crippen LogP) is 0.167. The summed E-state index contributed by atoms with van der Waals surface area (Å²) >= 11 is 0. The smallest absolute Gasteiger partial charge is 0.342 e. The van der Waals surface area contributed by atoms with Gasteiger partial charge >= 0.3 is 5.69 Å². The standard InChI is InChI=1S/C10H10N4O2/c1-11-7-5-3-2-4-6(7)8-9(15)12-10(16)14-13-8/h2-5,11H,1H3,(H2,12,14,15,16). The average Bonchev–Trinajstić information content (AvgIpc) is 2.29. The van der Waals surface area contributed by atoms with Crippen molar-refractivity contribution in [3.8, 4) is 11.3 Å². The number of para-hydroxylation sites is 1. The Labute approximate surface area is 90.4 Å². The highest BCUT2D eigenvalue weighted by atomic mass is 16.2.